The predicted octanol–water partition coefficient (Wildman–Crippen LogP) is 4.00. The van der Waals surface area contributed by atoms with Crippen molar-refractivity contribution in [2.45, 2.75) is 11.8 Å². The lowest BCUT2D eigenvalue weighted by atomic mass is 9.81. The van der Waals surface area contributed by atoms with E-state index in [1.165, 1.54) is 12.1 Å². The van der Waals surface area contributed by atoms with Crippen molar-refractivity contribution in [1.29, 1.82) is 0 Å². The third-order valence-electron chi connectivity index (χ3n) is 4.96. The fourth-order valence-corrected chi connectivity index (χ4v) is 4.56. The van der Waals surface area contributed by atoms with Gasteiger partial charge >= 0.3 is 0 Å². The number of rotatable bonds is 3. The second kappa shape index (κ2) is 6.94. The van der Waals surface area contributed by atoms with Crippen LogP contribution in [0.1, 0.15) is 37.4 Å². The van der Waals surface area contributed by atoms with Gasteiger partial charge in [-0.1, -0.05) is 41.9 Å². The van der Waals surface area contributed by atoms with Crippen molar-refractivity contribution < 1.29 is 22.6 Å². The van der Waals surface area contributed by atoms with Gasteiger partial charge in [0.2, 0.25) is 0 Å². The number of nitrogens with one attached hydrogen (secondary N) is 1. The van der Waals surface area contributed by atoms with Crippen LogP contribution in [0.15, 0.2) is 53.4 Å². The van der Waals surface area contributed by atoms with E-state index in [1.54, 1.807) is 37.3 Å². The Kier molecular flexibility index (Phi) is 4.65. The summed E-state index contributed by atoms with van der Waals surface area (Å²) < 4.78 is 32.5. The summed E-state index contributed by atoms with van der Waals surface area (Å²) in [5.74, 6) is -0.765. The van der Waals surface area contributed by atoms with E-state index in [0.717, 1.165) is 6.07 Å². The molecule has 0 bridgehead atoms. The van der Waals surface area contributed by atoms with Gasteiger partial charge in [0.25, 0.3) is 10.1 Å². The third kappa shape index (κ3) is 3.06. The highest BCUT2D eigenvalue weighted by Gasteiger charge is 2.34. The first kappa shape index (κ1) is 20.1. The second-order valence-electron chi connectivity index (χ2n) is 6.83. The fraction of sp³-hybridized carbons (Fsp3) is 0.0476. The number of nitrogen functional groups attached to an aromatic ring is 1. The topological polar surface area (TPSA) is 127 Å². The molecule has 0 amide bonds. The van der Waals surface area contributed by atoms with Crippen LogP contribution in [-0.4, -0.2) is 24.5 Å². The molecule has 1 aliphatic rings. The molecule has 0 saturated carbocycles. The number of carbonyl (C=O) groups excluding carboxylic acids is 2. The number of halogens is 1. The normalized spacial score (nSPS) is 13.0. The Morgan fingerprint density at radius 2 is 1.53 bits per heavy atom. The summed E-state index contributed by atoms with van der Waals surface area (Å²) in [6, 6.07) is 12.1. The zero-order chi connectivity index (χ0) is 21.8. The summed E-state index contributed by atoms with van der Waals surface area (Å²) in [5.41, 5.74) is 7.97. The molecule has 0 aromatic heterocycles. The third-order valence-corrected chi connectivity index (χ3v) is 6.37. The Hall–Kier alpha value is -3.20. The van der Waals surface area contributed by atoms with Gasteiger partial charge in [-0.15, -0.1) is 0 Å². The van der Waals surface area contributed by atoms with Crippen molar-refractivity contribution in [2.75, 3.05) is 11.1 Å². The van der Waals surface area contributed by atoms with Crippen LogP contribution < -0.4 is 11.1 Å². The first-order valence-corrected chi connectivity index (χ1v) is 10.6. The maximum absolute atomic E-state index is 13.2. The van der Waals surface area contributed by atoms with Crippen LogP contribution in [0.4, 0.5) is 17.1 Å². The van der Waals surface area contributed by atoms with E-state index in [2.05, 4.69) is 5.32 Å². The monoisotopic (exact) mass is 442 g/mol. The highest BCUT2D eigenvalue weighted by molar-refractivity contribution is 7.86. The Morgan fingerprint density at radius 1 is 0.933 bits per heavy atom. The van der Waals surface area contributed by atoms with Gasteiger partial charge in [0.1, 0.15) is 4.90 Å². The Morgan fingerprint density at radius 3 is 2.13 bits per heavy atom. The van der Waals surface area contributed by atoms with Crippen LogP contribution in [-0.2, 0) is 10.1 Å². The standard InChI is InChI=1S/C21H15ClN2O5S/c1-10-9-14(24-13-7-4-8-15(18(13)22)30(27,28)29)16-17(19(10)23)21(26)12-6-3-2-5-11(12)20(16)25/h2-9,24H,23H2,1H3,(H,27,28,29). The number of aryl methyl sites for hydroxylation is 1. The van der Waals surface area contributed by atoms with Crippen molar-refractivity contribution in [2.24, 2.45) is 0 Å². The number of anilines is 3. The van der Waals surface area contributed by atoms with Crippen molar-refractivity contribution in [3.63, 3.8) is 0 Å². The van der Waals surface area contributed by atoms with Crippen LogP contribution in [0, 0.1) is 6.92 Å². The Labute approximate surface area is 177 Å². The smallest absolute Gasteiger partial charge is 0.296 e. The summed E-state index contributed by atoms with van der Waals surface area (Å²) in [7, 11) is -4.55. The Bertz CT molecular complexity index is 1370. The van der Waals surface area contributed by atoms with Gasteiger partial charge in [-0.05, 0) is 30.7 Å². The lowest BCUT2D eigenvalue weighted by Gasteiger charge is -2.24. The number of ketones is 2. The molecule has 0 radical (unpaired) electrons. The fourth-order valence-electron chi connectivity index (χ4n) is 3.50. The van der Waals surface area contributed by atoms with Crippen LogP contribution in [0.2, 0.25) is 5.02 Å². The van der Waals surface area contributed by atoms with Gasteiger partial charge in [0, 0.05) is 16.8 Å². The summed E-state index contributed by atoms with van der Waals surface area (Å²) in [6.45, 7) is 1.69. The summed E-state index contributed by atoms with van der Waals surface area (Å²) >= 11 is 6.17. The first-order chi connectivity index (χ1) is 14.1. The quantitative estimate of drug-likeness (QED) is 0.323. The van der Waals surface area contributed by atoms with Crippen molar-refractivity contribution in [3.05, 3.63) is 81.4 Å². The van der Waals surface area contributed by atoms with Crippen molar-refractivity contribution >= 4 is 50.3 Å². The SMILES string of the molecule is Cc1cc(Nc2cccc(S(=O)(=O)O)c2Cl)c2c(c1N)C(=O)c1ccccc1C2=O. The number of carbonyl (C=O) groups is 2. The molecule has 0 heterocycles. The number of benzene rings is 3. The lowest BCUT2D eigenvalue weighted by Crippen LogP contribution is -2.24. The molecule has 4 N–H and O–H groups in total. The molecule has 0 unspecified atom stereocenters. The highest BCUT2D eigenvalue weighted by atomic mass is 35.5. The van der Waals surface area contributed by atoms with Gasteiger partial charge < -0.3 is 11.1 Å². The molecule has 7 nitrogen and oxygen atoms in total. The predicted molar refractivity (Wildman–Crippen MR) is 113 cm³/mol. The van der Waals surface area contributed by atoms with E-state index in [0.29, 0.717) is 5.56 Å². The van der Waals surface area contributed by atoms with Crippen LogP contribution in [0.25, 0.3) is 0 Å². The van der Waals surface area contributed by atoms with Crippen LogP contribution >= 0.6 is 11.6 Å². The van der Waals surface area contributed by atoms with Gasteiger partial charge in [0.15, 0.2) is 11.6 Å². The molecule has 152 valence electrons. The van der Waals surface area contributed by atoms with E-state index in [9.17, 15) is 22.6 Å². The minimum Gasteiger partial charge on any atom is -0.398 e. The van der Waals surface area contributed by atoms with E-state index < -0.39 is 20.8 Å². The number of nitrogens with two attached hydrogens (primary N) is 1. The molecule has 1 aliphatic carbocycles. The minimum atomic E-state index is -4.55. The van der Waals surface area contributed by atoms with Gasteiger partial charge in [0.05, 0.1) is 27.5 Å². The average molecular weight is 443 g/mol. The molecule has 0 spiro atoms. The van der Waals surface area contributed by atoms with Gasteiger partial charge in [-0.25, -0.2) is 0 Å². The summed E-state index contributed by atoms with van der Waals surface area (Å²) in [6.07, 6.45) is 0. The first-order valence-electron chi connectivity index (χ1n) is 8.75. The van der Waals surface area contributed by atoms with Crippen molar-refractivity contribution in [3.8, 4) is 0 Å². The molecule has 30 heavy (non-hydrogen) atoms. The molecule has 0 saturated heterocycles. The maximum Gasteiger partial charge on any atom is 0.296 e. The minimum absolute atomic E-state index is 0.0788. The van der Waals surface area contributed by atoms with E-state index in [-0.39, 0.29) is 50.1 Å². The second-order valence-corrected chi connectivity index (χ2v) is 8.59. The molecule has 0 fully saturated rings. The zero-order valence-electron chi connectivity index (χ0n) is 15.6. The Balaban J connectivity index is 1.94. The molecule has 9 heteroatoms. The molecular weight excluding hydrogens is 428 g/mol. The molecule has 0 aliphatic heterocycles. The van der Waals surface area contributed by atoms with Gasteiger partial charge in [-0.3, -0.25) is 14.1 Å². The van der Waals surface area contributed by atoms with Crippen LogP contribution in [0.5, 0.6) is 0 Å². The molecule has 4 rings (SSSR count). The van der Waals surface area contributed by atoms with E-state index >= 15 is 0 Å². The summed E-state index contributed by atoms with van der Waals surface area (Å²) in [4.78, 5) is 25.8. The summed E-state index contributed by atoms with van der Waals surface area (Å²) in [5, 5.41) is 2.67. The molecule has 3 aromatic rings. The van der Waals surface area contributed by atoms with Gasteiger partial charge in [-0.2, -0.15) is 8.42 Å². The van der Waals surface area contributed by atoms with E-state index in [1.807, 2.05) is 0 Å². The molecule has 0 atom stereocenters. The maximum atomic E-state index is 13.2. The largest absolute Gasteiger partial charge is 0.398 e. The zero-order valence-corrected chi connectivity index (χ0v) is 17.1. The number of fused-ring (bicyclic) bond motifs is 2. The van der Waals surface area contributed by atoms with E-state index in [4.69, 9.17) is 17.3 Å². The van der Waals surface area contributed by atoms with Crippen LogP contribution in [0.3, 0.4) is 0 Å². The lowest BCUT2D eigenvalue weighted by molar-refractivity contribution is 0.0980. The average Bonchev–Trinajstić information content (AvgIpc) is 2.69. The van der Waals surface area contributed by atoms with Crippen molar-refractivity contribution in [1.82, 2.24) is 0 Å². The molecular formula is C21H15ClN2O5S. The number of hydrogen-bond acceptors (Lipinski definition) is 6. The molecule has 3 aromatic carbocycles. The highest BCUT2D eigenvalue weighted by Crippen LogP contribution is 2.40. The number of hydrogen-bond donors (Lipinski definition) is 3.